The second-order valence-corrected chi connectivity index (χ2v) is 6.00. The Kier molecular flexibility index (Phi) is 3.81. The second-order valence-electron chi connectivity index (χ2n) is 6.00. The molecule has 2 rings (SSSR count). The molecule has 1 aliphatic carbocycles. The molecule has 0 radical (unpaired) electrons. The summed E-state index contributed by atoms with van der Waals surface area (Å²) in [5, 5.41) is 0. The molecule has 0 bridgehead atoms. The van der Waals surface area contributed by atoms with Crippen molar-refractivity contribution in [1.29, 1.82) is 0 Å². The summed E-state index contributed by atoms with van der Waals surface area (Å²) in [7, 11) is 2.06. The van der Waals surface area contributed by atoms with Crippen molar-refractivity contribution in [3.8, 4) is 0 Å². The van der Waals surface area contributed by atoms with E-state index in [1.165, 1.54) is 0 Å². The fourth-order valence-electron chi connectivity index (χ4n) is 2.73. The average molecular weight is 246 g/mol. The van der Waals surface area contributed by atoms with Crippen molar-refractivity contribution < 1.29 is 4.79 Å². The molecule has 1 aromatic rings. The predicted molar refractivity (Wildman–Crippen MR) is 72.1 cm³/mol. The van der Waals surface area contributed by atoms with Gasteiger partial charge in [0.15, 0.2) is 0 Å². The summed E-state index contributed by atoms with van der Waals surface area (Å²) in [6.45, 7) is 5.78. The van der Waals surface area contributed by atoms with E-state index in [9.17, 15) is 4.79 Å². The van der Waals surface area contributed by atoms with Gasteiger partial charge in [0.1, 0.15) is 5.78 Å². The Hall–Kier alpha value is -1.22. The molecule has 18 heavy (non-hydrogen) atoms. The zero-order chi connectivity index (χ0) is 13.2. The van der Waals surface area contributed by atoms with Crippen LogP contribution in [0.2, 0.25) is 0 Å². The normalized spacial score (nSPS) is 22.7. The van der Waals surface area contributed by atoms with E-state index in [-0.39, 0.29) is 11.3 Å². The molecule has 3 nitrogen and oxygen atoms in total. The van der Waals surface area contributed by atoms with E-state index >= 15 is 0 Å². The molecule has 98 valence electrons. The van der Waals surface area contributed by atoms with Gasteiger partial charge in [0.05, 0.1) is 5.69 Å². The van der Waals surface area contributed by atoms with E-state index in [1.807, 2.05) is 24.4 Å². The van der Waals surface area contributed by atoms with Crippen LogP contribution in [0, 0.1) is 11.3 Å². The number of hydrogen-bond acceptors (Lipinski definition) is 3. The first-order valence-electron chi connectivity index (χ1n) is 6.62. The van der Waals surface area contributed by atoms with Crippen LogP contribution < -0.4 is 0 Å². The second kappa shape index (κ2) is 5.19. The number of nitrogens with zero attached hydrogens (tertiary/aromatic N) is 2. The van der Waals surface area contributed by atoms with Gasteiger partial charge in [-0.15, -0.1) is 0 Å². The Bertz CT molecular complexity index is 414. The first-order chi connectivity index (χ1) is 8.49. The minimum absolute atomic E-state index is 0.115. The number of aromatic nitrogens is 1. The quantitative estimate of drug-likeness (QED) is 0.818. The van der Waals surface area contributed by atoms with Gasteiger partial charge in [-0.3, -0.25) is 14.7 Å². The van der Waals surface area contributed by atoms with Gasteiger partial charge in [-0.2, -0.15) is 0 Å². The van der Waals surface area contributed by atoms with Gasteiger partial charge in [0.2, 0.25) is 0 Å². The zero-order valence-corrected chi connectivity index (χ0v) is 11.5. The van der Waals surface area contributed by atoms with E-state index in [2.05, 4.69) is 30.8 Å². The number of carbonyl (C=O) groups excluding carboxylic acids is 1. The smallest absolute Gasteiger partial charge is 0.142 e. The van der Waals surface area contributed by atoms with Crippen molar-refractivity contribution in [2.75, 3.05) is 13.6 Å². The van der Waals surface area contributed by atoms with Crippen molar-refractivity contribution in [3.05, 3.63) is 30.1 Å². The summed E-state index contributed by atoms with van der Waals surface area (Å²) >= 11 is 0. The van der Waals surface area contributed by atoms with Crippen LogP contribution in [0.5, 0.6) is 0 Å². The van der Waals surface area contributed by atoms with Crippen molar-refractivity contribution in [2.45, 2.75) is 33.2 Å². The maximum Gasteiger partial charge on any atom is 0.142 e. The third-order valence-corrected chi connectivity index (χ3v) is 3.85. The monoisotopic (exact) mass is 246 g/mol. The topological polar surface area (TPSA) is 33.2 Å². The van der Waals surface area contributed by atoms with E-state index in [0.29, 0.717) is 5.78 Å². The highest BCUT2D eigenvalue weighted by atomic mass is 16.1. The van der Waals surface area contributed by atoms with E-state index < -0.39 is 0 Å². The molecule has 0 saturated heterocycles. The summed E-state index contributed by atoms with van der Waals surface area (Å²) in [6, 6.07) is 5.95. The van der Waals surface area contributed by atoms with Gasteiger partial charge >= 0.3 is 0 Å². The minimum Gasteiger partial charge on any atom is -0.300 e. The van der Waals surface area contributed by atoms with E-state index in [4.69, 9.17) is 0 Å². The van der Waals surface area contributed by atoms with Crippen LogP contribution in [0.1, 0.15) is 32.4 Å². The molecule has 1 aromatic heterocycles. The van der Waals surface area contributed by atoms with Crippen LogP contribution in [0.4, 0.5) is 0 Å². The molecule has 0 aliphatic heterocycles. The van der Waals surface area contributed by atoms with Gasteiger partial charge in [0.25, 0.3) is 0 Å². The highest BCUT2D eigenvalue weighted by molar-refractivity contribution is 5.88. The number of hydrogen-bond donors (Lipinski definition) is 0. The third kappa shape index (κ3) is 2.96. The fraction of sp³-hybridized carbons (Fsp3) is 0.600. The Morgan fingerprint density at radius 3 is 2.78 bits per heavy atom. The molecular formula is C15H22N2O. The van der Waals surface area contributed by atoms with Gasteiger partial charge in [-0.05, 0) is 32.0 Å². The SMILES string of the molecule is CN(Cc1ccccn1)CC1CCC(C)(C)C1=O. The first kappa shape index (κ1) is 13.2. The zero-order valence-electron chi connectivity index (χ0n) is 11.5. The number of pyridine rings is 1. The van der Waals surface area contributed by atoms with Gasteiger partial charge in [0, 0.05) is 30.6 Å². The standard InChI is InChI=1S/C15H22N2O/c1-15(2)8-7-12(14(15)18)10-17(3)11-13-6-4-5-9-16-13/h4-6,9,12H,7-8,10-11H2,1-3H3. The Morgan fingerprint density at radius 2 is 2.22 bits per heavy atom. The van der Waals surface area contributed by atoms with Crippen LogP contribution in [0.3, 0.4) is 0 Å². The highest BCUT2D eigenvalue weighted by Gasteiger charge is 2.40. The lowest BCUT2D eigenvalue weighted by molar-refractivity contribution is -0.127. The number of ketones is 1. The Morgan fingerprint density at radius 1 is 1.44 bits per heavy atom. The van der Waals surface area contributed by atoms with Crippen molar-refractivity contribution in [1.82, 2.24) is 9.88 Å². The molecule has 0 N–H and O–H groups in total. The fourth-order valence-corrected chi connectivity index (χ4v) is 2.73. The molecule has 1 fully saturated rings. The van der Waals surface area contributed by atoms with Gasteiger partial charge in [-0.1, -0.05) is 19.9 Å². The van der Waals surface area contributed by atoms with Crippen LogP contribution in [-0.4, -0.2) is 29.3 Å². The minimum atomic E-state index is -0.115. The lowest BCUT2D eigenvalue weighted by atomic mass is 9.89. The lowest BCUT2D eigenvalue weighted by Crippen LogP contribution is -2.31. The maximum atomic E-state index is 12.2. The molecule has 0 amide bonds. The summed E-state index contributed by atoms with van der Waals surface area (Å²) in [5.74, 6) is 0.629. The summed E-state index contributed by atoms with van der Waals surface area (Å²) in [5.41, 5.74) is 0.945. The van der Waals surface area contributed by atoms with Crippen LogP contribution >= 0.6 is 0 Å². The van der Waals surface area contributed by atoms with Crippen molar-refractivity contribution in [3.63, 3.8) is 0 Å². The van der Waals surface area contributed by atoms with Crippen LogP contribution in [-0.2, 0) is 11.3 Å². The maximum absolute atomic E-state index is 12.2. The highest BCUT2D eigenvalue weighted by Crippen LogP contribution is 2.37. The third-order valence-electron chi connectivity index (χ3n) is 3.85. The van der Waals surface area contributed by atoms with Crippen molar-refractivity contribution >= 4 is 5.78 Å². The van der Waals surface area contributed by atoms with Crippen LogP contribution in [0.25, 0.3) is 0 Å². The van der Waals surface area contributed by atoms with Gasteiger partial charge < -0.3 is 0 Å². The number of rotatable bonds is 4. The Labute approximate surface area is 109 Å². The van der Waals surface area contributed by atoms with Crippen molar-refractivity contribution in [2.24, 2.45) is 11.3 Å². The Balaban J connectivity index is 1.89. The predicted octanol–water partition coefficient (Wildman–Crippen LogP) is 2.52. The molecule has 0 spiro atoms. The van der Waals surface area contributed by atoms with Crippen LogP contribution in [0.15, 0.2) is 24.4 Å². The summed E-state index contributed by atoms with van der Waals surface area (Å²) in [4.78, 5) is 18.7. The summed E-state index contributed by atoms with van der Waals surface area (Å²) in [6.07, 6.45) is 3.86. The lowest BCUT2D eigenvalue weighted by Gasteiger charge is -2.21. The molecule has 1 atom stereocenters. The molecule has 0 aromatic carbocycles. The molecule has 3 heteroatoms. The molecule has 1 aliphatic rings. The summed E-state index contributed by atoms with van der Waals surface area (Å²) < 4.78 is 0. The number of Topliss-reactive ketones (excluding diaryl/α,β-unsaturated/α-hetero) is 1. The van der Waals surface area contributed by atoms with Gasteiger partial charge in [-0.25, -0.2) is 0 Å². The van der Waals surface area contributed by atoms with E-state index in [1.54, 1.807) is 0 Å². The molecule has 1 saturated carbocycles. The largest absolute Gasteiger partial charge is 0.300 e. The molecule has 1 unspecified atom stereocenters. The molecule has 1 heterocycles. The molecular weight excluding hydrogens is 224 g/mol. The average Bonchev–Trinajstić information content (AvgIpc) is 2.57. The number of carbonyl (C=O) groups is 1. The first-order valence-corrected chi connectivity index (χ1v) is 6.62. The van der Waals surface area contributed by atoms with E-state index in [0.717, 1.165) is 31.6 Å².